The van der Waals surface area contributed by atoms with Crippen molar-refractivity contribution in [3.05, 3.63) is 29.8 Å². The molecule has 1 aromatic carbocycles. The lowest BCUT2D eigenvalue weighted by Gasteiger charge is -2.38. The Kier molecular flexibility index (Phi) is 43.6. The number of aliphatic imine (C=N–C) groups is 1. The van der Waals surface area contributed by atoms with E-state index in [1.54, 1.807) is 12.1 Å². The molecule has 0 unspecified atom stereocenters. The summed E-state index contributed by atoms with van der Waals surface area (Å²) in [6.45, 7) is -10.7. The zero-order valence-electron chi connectivity index (χ0n) is 62.7. The largest absolute Gasteiger partial charge is 0.549 e. The number of rotatable bonds is 42. The van der Waals surface area contributed by atoms with Crippen LogP contribution in [0.4, 0.5) is 5.69 Å². The lowest BCUT2D eigenvalue weighted by molar-refractivity contribution is -0.313. The average Bonchev–Trinajstić information content (AvgIpc) is 0.869. The molecular weight excluding hydrogens is 1520 g/mol. The molecule has 1 aromatic rings. The van der Waals surface area contributed by atoms with Gasteiger partial charge in [0, 0.05) is 273 Å². The Balaban J connectivity index is 1.75. The van der Waals surface area contributed by atoms with E-state index < -0.39 is 231 Å². The summed E-state index contributed by atoms with van der Waals surface area (Å²) >= 11 is 4.77. The molecule has 3 fully saturated rings. The van der Waals surface area contributed by atoms with Crippen molar-refractivity contribution in [1.82, 2.24) is 74.3 Å². The normalized spacial score (nSPS) is 18.7. The van der Waals surface area contributed by atoms with Gasteiger partial charge in [-0.15, -0.1) is 0 Å². The summed E-state index contributed by atoms with van der Waals surface area (Å²) < 4.78 is 0. The zero-order chi connectivity index (χ0) is 83.7. The first-order chi connectivity index (χ1) is 53.5. The van der Waals surface area contributed by atoms with Gasteiger partial charge in [-0.1, -0.05) is 12.1 Å². The Morgan fingerprint density at radius 3 is 0.858 bits per heavy atom. The van der Waals surface area contributed by atoms with Crippen molar-refractivity contribution in [3.63, 3.8) is 0 Å². The second kappa shape index (κ2) is 51.4. The Morgan fingerprint density at radius 1 is 0.363 bits per heavy atom. The van der Waals surface area contributed by atoms with Crippen LogP contribution in [0.3, 0.4) is 0 Å². The molecule has 0 aliphatic carbocycles. The molecule has 2 N–H and O–H groups in total. The standard InChI is InChI=1S/C69H108N16O27S/c86-55(8-5-52(67(107)108)82-31-25-76(42-61(95)96)19-13-73(39-58(89)90)14-20-77(26-32-82)43-62(97)98)70-11-12-85(57(88)10-7-54(69(111)112)84-35-29-80(46-65(103)104)23-17-75(41-60(93)94)18-24-81(30-36-84)47-66(105)106)38-51(37-49-1-3-50(4-2-49)71-48-113)72-56(87)9-6-53(68(109)110)83-33-27-78(44-63(99)100)21-15-74(40-59(91)92)16-22-79(28-34-83)45-64(101)102/h1-4,51-54H,5-47H2,(H,70,86)(H,72,87)(H,89,90)(H,91,92)(H,93,94)(H,95,96)(H,97,98)(H,99,100)(H,101,102)(H,103,104)(H,105,106)(H,107,108)(H,109,110)(H,111,112)/p-12/t51-,52-,53-,54-/m0/s1. The van der Waals surface area contributed by atoms with E-state index in [0.29, 0.717) is 11.3 Å². The number of carbonyl (C=O) groups excluding carboxylic acids is 15. The molecule has 43 nitrogen and oxygen atoms in total. The van der Waals surface area contributed by atoms with Crippen LogP contribution in [-0.2, 0) is 78.3 Å². The van der Waals surface area contributed by atoms with Crippen molar-refractivity contribution >= 4 is 112 Å². The van der Waals surface area contributed by atoms with Gasteiger partial charge in [-0.25, -0.2) is 0 Å². The second-order valence-corrected chi connectivity index (χ2v) is 27.8. The number of nitrogens with zero attached hydrogens (tertiary/aromatic N) is 14. The fourth-order valence-corrected chi connectivity index (χ4v) is 13.6. The van der Waals surface area contributed by atoms with Crippen LogP contribution in [0.2, 0.25) is 0 Å². The molecule has 4 rings (SSSR count). The van der Waals surface area contributed by atoms with E-state index in [-0.39, 0.29) is 163 Å². The van der Waals surface area contributed by atoms with E-state index in [1.165, 1.54) is 70.9 Å². The lowest BCUT2D eigenvalue weighted by Crippen LogP contribution is -2.55. The van der Waals surface area contributed by atoms with Crippen molar-refractivity contribution in [1.29, 1.82) is 0 Å². The van der Waals surface area contributed by atoms with Gasteiger partial charge in [0.25, 0.3) is 0 Å². The van der Waals surface area contributed by atoms with Crippen LogP contribution >= 0.6 is 12.2 Å². The zero-order valence-corrected chi connectivity index (χ0v) is 63.5. The third kappa shape index (κ3) is 40.3. The summed E-state index contributed by atoms with van der Waals surface area (Å²) in [4.78, 5) is 211. The van der Waals surface area contributed by atoms with Crippen LogP contribution in [0.25, 0.3) is 0 Å². The molecule has 3 saturated heterocycles. The number of benzene rings is 1. The maximum Gasteiger partial charge on any atom is 0.222 e. The van der Waals surface area contributed by atoms with Crippen LogP contribution in [-0.4, -0.2) is 418 Å². The number of amides is 3. The van der Waals surface area contributed by atoms with Crippen LogP contribution < -0.4 is 71.9 Å². The van der Waals surface area contributed by atoms with Gasteiger partial charge in [-0.2, -0.15) is 4.99 Å². The number of aliphatic carboxylic acids is 12. The molecule has 113 heavy (non-hydrogen) atoms. The predicted octanol–water partition coefficient (Wildman–Crippen LogP) is -21.5. The van der Waals surface area contributed by atoms with Gasteiger partial charge in [0.15, 0.2) is 0 Å². The van der Waals surface area contributed by atoms with E-state index in [2.05, 4.69) is 20.8 Å². The smallest absolute Gasteiger partial charge is 0.222 e. The molecule has 0 aromatic heterocycles. The first-order valence-electron chi connectivity index (χ1n) is 36.7. The number of carboxylic acid groups (broad SMARTS) is 12. The molecule has 4 atom stereocenters. The molecule has 44 heteroatoms. The topological polar surface area (TPSA) is 611 Å². The quantitative estimate of drug-likeness (QED) is 0.0453. The van der Waals surface area contributed by atoms with Crippen LogP contribution in [0.5, 0.6) is 0 Å². The minimum absolute atomic E-state index is 0.0469. The second-order valence-electron chi connectivity index (χ2n) is 27.6. The molecule has 0 radical (unpaired) electrons. The molecule has 3 aliphatic rings. The van der Waals surface area contributed by atoms with Crippen LogP contribution in [0.15, 0.2) is 29.3 Å². The van der Waals surface area contributed by atoms with E-state index >= 15 is 4.79 Å². The number of isothiocyanates is 1. The Hall–Kier alpha value is -9.41. The molecule has 3 aliphatic heterocycles. The van der Waals surface area contributed by atoms with E-state index in [9.17, 15) is 128 Å². The Labute approximate surface area is 657 Å². The van der Waals surface area contributed by atoms with Crippen LogP contribution in [0.1, 0.15) is 44.1 Å². The van der Waals surface area contributed by atoms with Gasteiger partial charge in [0.1, 0.15) is 0 Å². The summed E-state index contributed by atoms with van der Waals surface area (Å²) in [5.41, 5.74) is 0.831. The maximum atomic E-state index is 15.1. The summed E-state index contributed by atoms with van der Waals surface area (Å²) in [5, 5.41) is 154. The minimum Gasteiger partial charge on any atom is -0.549 e. The van der Waals surface area contributed by atoms with Crippen molar-refractivity contribution in [2.24, 2.45) is 4.99 Å². The van der Waals surface area contributed by atoms with Crippen molar-refractivity contribution in [2.45, 2.75) is 69.1 Å². The first kappa shape index (κ1) is 96.0. The number of nitrogens with one attached hydrogen (secondary N) is 2. The number of hydrogen-bond donors (Lipinski definition) is 2. The molecule has 0 spiro atoms. The summed E-state index contributed by atoms with van der Waals surface area (Å²) in [7, 11) is 0. The highest BCUT2D eigenvalue weighted by Crippen LogP contribution is 2.18. The van der Waals surface area contributed by atoms with Gasteiger partial charge >= 0.3 is 0 Å². The predicted molar refractivity (Wildman–Crippen MR) is 368 cm³/mol. The van der Waals surface area contributed by atoms with Crippen molar-refractivity contribution < 1.29 is 133 Å². The average molecular weight is 1610 g/mol. The summed E-state index contributed by atoms with van der Waals surface area (Å²) in [6.07, 6.45) is -3.53. The fourth-order valence-electron chi connectivity index (χ4n) is 13.5. The summed E-state index contributed by atoms with van der Waals surface area (Å²) in [6, 6.07) is 0.153. The van der Waals surface area contributed by atoms with Gasteiger partial charge in [0.2, 0.25) is 17.7 Å². The molecule has 0 bridgehead atoms. The highest BCUT2D eigenvalue weighted by atomic mass is 32.1. The highest BCUT2D eigenvalue weighted by molar-refractivity contribution is 7.78. The first-order valence-corrected chi connectivity index (χ1v) is 37.1. The van der Waals surface area contributed by atoms with Crippen molar-refractivity contribution in [2.75, 3.05) is 236 Å². The highest BCUT2D eigenvalue weighted by Gasteiger charge is 2.31. The van der Waals surface area contributed by atoms with Gasteiger partial charge in [0.05, 0.1) is 88.5 Å². The Morgan fingerprint density at radius 2 is 0.611 bits per heavy atom. The van der Waals surface area contributed by atoms with Crippen molar-refractivity contribution in [3.8, 4) is 0 Å². The van der Waals surface area contributed by atoms with E-state index in [0.717, 1.165) is 4.90 Å². The fraction of sp³-hybridized carbons (Fsp3) is 0.681. The van der Waals surface area contributed by atoms with E-state index in [4.69, 9.17) is 12.2 Å². The Bertz CT molecular complexity index is 3300. The molecule has 3 heterocycles. The SMILES string of the molecule is O=C([O-])CN1CCN(CC(=O)[O-])CCN([C@@H](CCC(=O)NCCN(C[C@H](Cc2ccc(N=C=S)cc2)NC(=O)CC[C@@H](C(=O)[O-])N2CCN(CC(=O)[O-])CCN(CC(=O)[O-])CCN(CC(=O)[O-])CC2)C(=O)CC[C@@H](C(=O)[O-])N2CCN(CC(=O)[O-])CCN(CC(=O)[O-])CCN(CC(=O)[O-])CC2)C(=O)[O-])CCN(CC(=O)[O-])CC1. The number of carbonyl (C=O) groups is 15. The molecule has 0 saturated carbocycles. The van der Waals surface area contributed by atoms with Gasteiger partial charge < -0.3 is 134 Å². The molecule has 3 amide bonds. The minimum atomic E-state index is -1.74. The third-order valence-corrected chi connectivity index (χ3v) is 19.4. The van der Waals surface area contributed by atoms with Gasteiger partial charge in [-0.05, 0) is 55.6 Å². The summed E-state index contributed by atoms with van der Waals surface area (Å²) in [5.74, 6) is -21.2. The third-order valence-electron chi connectivity index (χ3n) is 19.3. The van der Waals surface area contributed by atoms with Crippen LogP contribution in [0, 0.1) is 0 Å². The van der Waals surface area contributed by atoms with E-state index in [1.807, 2.05) is 0 Å². The molecule has 632 valence electrons. The lowest BCUT2D eigenvalue weighted by atomic mass is 10.0. The maximum absolute atomic E-state index is 15.1. The van der Waals surface area contributed by atoms with Gasteiger partial charge in [-0.3, -0.25) is 73.2 Å². The number of hydrogen-bond acceptors (Lipinski definition) is 41. The number of thiocarbonyl (C=S) groups is 1. The monoisotopic (exact) mass is 1610 g/mol. The number of carboxylic acids is 12. The molecular formula is C69H96N16O27S-12.